The van der Waals surface area contributed by atoms with E-state index in [9.17, 15) is 26.3 Å². The Morgan fingerprint density at radius 3 is 1.63 bits per heavy atom. The highest BCUT2D eigenvalue weighted by atomic mass is 19.4. The summed E-state index contributed by atoms with van der Waals surface area (Å²) in [6, 6.07) is 11.5. The molecular formula is C20H22F6O. The molecule has 27 heavy (non-hydrogen) atoms. The van der Waals surface area contributed by atoms with Crippen LogP contribution in [0.4, 0.5) is 26.3 Å². The number of rotatable bonds is 3. The van der Waals surface area contributed by atoms with Gasteiger partial charge in [-0.25, -0.2) is 0 Å². The summed E-state index contributed by atoms with van der Waals surface area (Å²) in [7, 11) is 0. The average Bonchev–Trinajstić information content (AvgIpc) is 2.53. The first-order valence-electron chi connectivity index (χ1n) is 8.32. The van der Waals surface area contributed by atoms with Crippen LogP contribution in [0.5, 0.6) is 5.75 Å². The lowest BCUT2D eigenvalue weighted by Crippen LogP contribution is -2.17. The molecule has 0 aromatic heterocycles. The highest BCUT2D eigenvalue weighted by molar-refractivity contribution is 5.30. The topological polar surface area (TPSA) is 9.23 Å². The van der Waals surface area contributed by atoms with Gasteiger partial charge in [0, 0.05) is 0 Å². The SMILES string of the molecule is CC(C)c1cccc(C(F)(F)F)c1.CC(C)c1cccc(OC(F)(F)F)c1. The molecular weight excluding hydrogens is 370 g/mol. The lowest BCUT2D eigenvalue weighted by Gasteiger charge is -2.11. The number of ether oxygens (including phenoxy) is 1. The van der Waals surface area contributed by atoms with Crippen LogP contribution >= 0.6 is 0 Å². The third kappa shape index (κ3) is 8.37. The zero-order valence-electron chi connectivity index (χ0n) is 15.4. The van der Waals surface area contributed by atoms with Crippen LogP contribution in [-0.2, 0) is 6.18 Å². The lowest BCUT2D eigenvalue weighted by molar-refractivity contribution is -0.274. The van der Waals surface area contributed by atoms with Gasteiger partial charge < -0.3 is 4.74 Å². The van der Waals surface area contributed by atoms with E-state index in [1.807, 2.05) is 27.7 Å². The fourth-order valence-corrected chi connectivity index (χ4v) is 2.14. The molecule has 0 aliphatic heterocycles. The third-order valence-electron chi connectivity index (χ3n) is 3.64. The van der Waals surface area contributed by atoms with E-state index in [-0.39, 0.29) is 17.6 Å². The van der Waals surface area contributed by atoms with Gasteiger partial charge in [-0.1, -0.05) is 58.0 Å². The molecule has 150 valence electrons. The number of hydrogen-bond donors (Lipinski definition) is 0. The van der Waals surface area contributed by atoms with E-state index in [0.717, 1.165) is 17.2 Å². The van der Waals surface area contributed by atoms with Gasteiger partial charge in [0.1, 0.15) is 5.75 Å². The van der Waals surface area contributed by atoms with Crippen LogP contribution in [0.1, 0.15) is 56.2 Å². The summed E-state index contributed by atoms with van der Waals surface area (Å²) in [5.74, 6) is 0.151. The fourth-order valence-electron chi connectivity index (χ4n) is 2.14. The first-order chi connectivity index (χ1) is 12.3. The molecule has 2 aromatic rings. The summed E-state index contributed by atoms with van der Waals surface area (Å²) in [5, 5.41) is 0. The van der Waals surface area contributed by atoms with Gasteiger partial charge in [0.25, 0.3) is 0 Å². The van der Waals surface area contributed by atoms with E-state index >= 15 is 0 Å². The third-order valence-corrected chi connectivity index (χ3v) is 3.64. The van der Waals surface area contributed by atoms with Gasteiger partial charge >= 0.3 is 12.5 Å². The molecule has 0 saturated carbocycles. The normalized spacial score (nSPS) is 12.0. The van der Waals surface area contributed by atoms with Crippen molar-refractivity contribution in [2.75, 3.05) is 0 Å². The number of hydrogen-bond acceptors (Lipinski definition) is 1. The van der Waals surface area contributed by atoms with Gasteiger partial charge in [-0.2, -0.15) is 13.2 Å². The maximum atomic E-state index is 12.2. The molecule has 1 nitrogen and oxygen atoms in total. The van der Waals surface area contributed by atoms with Crippen LogP contribution in [0.15, 0.2) is 48.5 Å². The second-order valence-corrected chi connectivity index (χ2v) is 6.55. The Labute approximate surface area is 155 Å². The molecule has 7 heteroatoms. The Morgan fingerprint density at radius 1 is 0.704 bits per heavy atom. The van der Waals surface area contributed by atoms with Gasteiger partial charge in [-0.15, -0.1) is 13.2 Å². The number of benzene rings is 2. The van der Waals surface area contributed by atoms with Gasteiger partial charge in [0.05, 0.1) is 5.56 Å². The second-order valence-electron chi connectivity index (χ2n) is 6.55. The minimum Gasteiger partial charge on any atom is -0.406 e. The maximum absolute atomic E-state index is 12.2. The molecule has 0 aliphatic carbocycles. The summed E-state index contributed by atoms with van der Waals surface area (Å²) in [6.45, 7) is 7.56. The number of halogens is 6. The quantitative estimate of drug-likeness (QED) is 0.490. The summed E-state index contributed by atoms with van der Waals surface area (Å²) < 4.78 is 76.0. The molecule has 0 fully saturated rings. The summed E-state index contributed by atoms with van der Waals surface area (Å²) in [4.78, 5) is 0. The Bertz CT molecular complexity index is 717. The van der Waals surface area contributed by atoms with Crippen LogP contribution in [0, 0.1) is 0 Å². The predicted molar refractivity (Wildman–Crippen MR) is 92.7 cm³/mol. The van der Waals surface area contributed by atoms with Crippen LogP contribution in [0.3, 0.4) is 0 Å². The van der Waals surface area contributed by atoms with E-state index in [2.05, 4.69) is 4.74 Å². The van der Waals surface area contributed by atoms with E-state index in [4.69, 9.17) is 0 Å². The summed E-state index contributed by atoms with van der Waals surface area (Å²) in [6.07, 6.45) is -8.85. The molecule has 0 aliphatic rings. The fraction of sp³-hybridized carbons (Fsp3) is 0.400. The highest BCUT2D eigenvalue weighted by Gasteiger charge is 2.31. The van der Waals surface area contributed by atoms with Gasteiger partial charge in [-0.05, 0) is 41.2 Å². The molecule has 0 unspecified atom stereocenters. The monoisotopic (exact) mass is 392 g/mol. The molecule has 2 aromatic carbocycles. The van der Waals surface area contributed by atoms with Crippen molar-refractivity contribution >= 4 is 0 Å². The minimum atomic E-state index is -4.62. The van der Waals surface area contributed by atoms with Gasteiger partial charge in [0.15, 0.2) is 0 Å². The molecule has 0 N–H and O–H groups in total. The van der Waals surface area contributed by atoms with E-state index in [1.165, 1.54) is 24.3 Å². The molecule has 0 spiro atoms. The zero-order valence-corrected chi connectivity index (χ0v) is 15.4. The lowest BCUT2D eigenvalue weighted by atomic mass is 10.0. The minimum absolute atomic E-state index is 0.127. The van der Waals surface area contributed by atoms with Crippen LogP contribution in [0.2, 0.25) is 0 Å². The summed E-state index contributed by atoms with van der Waals surface area (Å²) >= 11 is 0. The van der Waals surface area contributed by atoms with Crippen molar-refractivity contribution in [3.8, 4) is 5.75 Å². The molecule has 0 saturated heterocycles. The number of alkyl halides is 6. The van der Waals surface area contributed by atoms with Crippen molar-refractivity contribution in [3.63, 3.8) is 0 Å². The Hall–Kier alpha value is -2.18. The Balaban J connectivity index is 0.000000271. The molecule has 0 radical (unpaired) electrons. The zero-order chi connectivity index (χ0) is 20.8. The molecule has 0 bridgehead atoms. The first-order valence-corrected chi connectivity index (χ1v) is 8.32. The standard InChI is InChI=1S/C10H11F3O.C10H11F3/c1-7(2)8-4-3-5-9(6-8)14-10(11,12)13;1-7(2)8-4-3-5-9(6-8)10(11,12)13/h3-7H,1-2H3;3-7H,1-2H3. The van der Waals surface area contributed by atoms with Crippen LogP contribution in [0.25, 0.3) is 0 Å². The second kappa shape index (κ2) is 9.15. The van der Waals surface area contributed by atoms with Crippen molar-refractivity contribution in [2.24, 2.45) is 0 Å². The van der Waals surface area contributed by atoms with Crippen molar-refractivity contribution in [1.82, 2.24) is 0 Å². The highest BCUT2D eigenvalue weighted by Crippen LogP contribution is 2.31. The molecule has 0 heterocycles. The largest absolute Gasteiger partial charge is 0.573 e. The van der Waals surface area contributed by atoms with Crippen LogP contribution in [-0.4, -0.2) is 6.36 Å². The van der Waals surface area contributed by atoms with E-state index < -0.39 is 18.1 Å². The van der Waals surface area contributed by atoms with E-state index in [0.29, 0.717) is 0 Å². The molecule has 0 amide bonds. The van der Waals surface area contributed by atoms with Crippen molar-refractivity contribution in [1.29, 1.82) is 0 Å². The average molecular weight is 392 g/mol. The predicted octanol–water partition coefficient (Wildman–Crippen LogP) is 7.54. The maximum Gasteiger partial charge on any atom is 0.573 e. The Morgan fingerprint density at radius 2 is 1.19 bits per heavy atom. The molecule has 2 rings (SSSR count). The van der Waals surface area contributed by atoms with E-state index in [1.54, 1.807) is 18.2 Å². The molecule has 0 atom stereocenters. The first kappa shape index (κ1) is 22.9. The smallest absolute Gasteiger partial charge is 0.406 e. The van der Waals surface area contributed by atoms with Crippen molar-refractivity contribution in [2.45, 2.75) is 52.1 Å². The van der Waals surface area contributed by atoms with Gasteiger partial charge in [-0.3, -0.25) is 0 Å². The van der Waals surface area contributed by atoms with Gasteiger partial charge in [0.2, 0.25) is 0 Å². The van der Waals surface area contributed by atoms with Crippen molar-refractivity contribution in [3.05, 3.63) is 65.2 Å². The Kier molecular flexibility index (Phi) is 7.75. The summed E-state index contributed by atoms with van der Waals surface area (Å²) in [5.41, 5.74) is 0.972. The van der Waals surface area contributed by atoms with Crippen LogP contribution < -0.4 is 4.74 Å². The van der Waals surface area contributed by atoms with Crippen molar-refractivity contribution < 1.29 is 31.1 Å².